The van der Waals surface area contributed by atoms with Crippen LogP contribution >= 0.6 is 0 Å². The van der Waals surface area contributed by atoms with E-state index in [-0.39, 0.29) is 11.5 Å². The van der Waals surface area contributed by atoms with E-state index in [1.807, 2.05) is 0 Å². The molecular formula is C11H9F3N4O. The quantitative estimate of drug-likeness (QED) is 0.924. The lowest BCUT2D eigenvalue weighted by Crippen LogP contribution is -2.26. The number of rotatable bonds is 3. The number of alkyl halides is 3. The van der Waals surface area contributed by atoms with Gasteiger partial charge in [0.15, 0.2) is 0 Å². The number of halogens is 3. The van der Waals surface area contributed by atoms with Crippen molar-refractivity contribution in [2.75, 3.05) is 5.73 Å². The van der Waals surface area contributed by atoms with Crippen LogP contribution in [0.3, 0.4) is 0 Å². The van der Waals surface area contributed by atoms with Gasteiger partial charge in [0.05, 0.1) is 0 Å². The Morgan fingerprint density at radius 3 is 2.37 bits per heavy atom. The van der Waals surface area contributed by atoms with Gasteiger partial charge in [0.25, 0.3) is 0 Å². The first-order chi connectivity index (χ1) is 8.97. The summed E-state index contributed by atoms with van der Waals surface area (Å²) in [6, 6.07) is 6.72. The summed E-state index contributed by atoms with van der Waals surface area (Å²) in [7, 11) is 0. The van der Waals surface area contributed by atoms with E-state index in [0.717, 1.165) is 6.33 Å². The molecule has 0 amide bonds. The Kier molecular flexibility index (Phi) is 3.50. The van der Waals surface area contributed by atoms with Gasteiger partial charge in [-0.1, -0.05) is 30.3 Å². The number of nitrogens with two attached hydrogens (primary N) is 1. The van der Waals surface area contributed by atoms with Gasteiger partial charge < -0.3 is 10.5 Å². The second-order valence-electron chi connectivity index (χ2n) is 3.58. The molecule has 0 saturated carbocycles. The normalized spacial score (nSPS) is 13.0. The van der Waals surface area contributed by atoms with Gasteiger partial charge in [-0.25, -0.2) is 4.98 Å². The van der Waals surface area contributed by atoms with Crippen LogP contribution in [0.1, 0.15) is 11.7 Å². The van der Waals surface area contributed by atoms with Crippen molar-refractivity contribution in [3.63, 3.8) is 0 Å². The average Bonchev–Trinajstić information content (AvgIpc) is 2.36. The summed E-state index contributed by atoms with van der Waals surface area (Å²) in [5, 5.41) is 0. The van der Waals surface area contributed by atoms with Crippen molar-refractivity contribution >= 4 is 5.95 Å². The molecule has 19 heavy (non-hydrogen) atoms. The lowest BCUT2D eigenvalue weighted by Gasteiger charge is -2.20. The first-order valence-electron chi connectivity index (χ1n) is 5.19. The number of anilines is 1. The summed E-state index contributed by atoms with van der Waals surface area (Å²) in [6.45, 7) is 0. The smallest absolute Gasteiger partial charge is 0.429 e. The molecule has 1 heterocycles. The van der Waals surface area contributed by atoms with Crippen molar-refractivity contribution in [2.45, 2.75) is 12.3 Å². The van der Waals surface area contributed by atoms with Crippen LogP contribution in [0.5, 0.6) is 6.01 Å². The third-order valence-electron chi connectivity index (χ3n) is 2.19. The minimum atomic E-state index is -4.59. The summed E-state index contributed by atoms with van der Waals surface area (Å²) < 4.78 is 43.7. The first kappa shape index (κ1) is 13.1. The number of aromatic nitrogens is 3. The fourth-order valence-electron chi connectivity index (χ4n) is 1.41. The van der Waals surface area contributed by atoms with Crippen molar-refractivity contribution in [1.82, 2.24) is 15.0 Å². The van der Waals surface area contributed by atoms with Crippen LogP contribution in [0, 0.1) is 0 Å². The predicted molar refractivity (Wildman–Crippen MR) is 60.1 cm³/mol. The Hall–Kier alpha value is -2.38. The van der Waals surface area contributed by atoms with Gasteiger partial charge in [-0.2, -0.15) is 23.1 Å². The predicted octanol–water partition coefficient (Wildman–Crippen LogP) is 2.14. The molecule has 2 N–H and O–H groups in total. The van der Waals surface area contributed by atoms with Crippen LogP contribution < -0.4 is 10.5 Å². The average molecular weight is 270 g/mol. The van der Waals surface area contributed by atoms with E-state index >= 15 is 0 Å². The van der Waals surface area contributed by atoms with Crippen molar-refractivity contribution < 1.29 is 17.9 Å². The lowest BCUT2D eigenvalue weighted by atomic mass is 10.1. The van der Waals surface area contributed by atoms with Crippen molar-refractivity contribution in [3.05, 3.63) is 42.2 Å². The maximum absolute atomic E-state index is 13.0. The molecule has 1 atom stereocenters. The minimum Gasteiger partial charge on any atom is -0.445 e. The molecule has 1 unspecified atom stereocenters. The standard InChI is InChI=1S/C11H9F3N4O/c12-11(13,14)8(7-4-2-1-3-5-7)19-10-17-6-16-9(15)18-10/h1-6,8H,(H2,15,16,17,18). The minimum absolute atomic E-state index is 0.0472. The molecule has 0 saturated heterocycles. The number of hydrogen-bond acceptors (Lipinski definition) is 5. The molecule has 0 aliphatic rings. The number of nitrogen functional groups attached to an aromatic ring is 1. The lowest BCUT2D eigenvalue weighted by molar-refractivity contribution is -0.199. The fourth-order valence-corrected chi connectivity index (χ4v) is 1.41. The van der Waals surface area contributed by atoms with Crippen molar-refractivity contribution in [1.29, 1.82) is 0 Å². The van der Waals surface area contributed by atoms with E-state index in [1.165, 1.54) is 24.3 Å². The molecule has 100 valence electrons. The molecule has 0 aliphatic heterocycles. The van der Waals surface area contributed by atoms with Gasteiger partial charge in [0, 0.05) is 5.56 Å². The molecule has 0 fully saturated rings. The van der Waals surface area contributed by atoms with E-state index in [2.05, 4.69) is 15.0 Å². The van der Waals surface area contributed by atoms with E-state index < -0.39 is 18.3 Å². The van der Waals surface area contributed by atoms with Crippen molar-refractivity contribution in [2.24, 2.45) is 0 Å². The molecule has 5 nitrogen and oxygen atoms in total. The van der Waals surface area contributed by atoms with Gasteiger partial charge in [-0.05, 0) is 0 Å². The second kappa shape index (κ2) is 5.09. The zero-order valence-corrected chi connectivity index (χ0v) is 9.50. The van der Waals surface area contributed by atoms with Crippen LogP contribution in [0.4, 0.5) is 19.1 Å². The van der Waals surface area contributed by atoms with Gasteiger partial charge in [0.1, 0.15) is 6.33 Å². The molecular weight excluding hydrogens is 261 g/mol. The van der Waals surface area contributed by atoms with Gasteiger partial charge >= 0.3 is 12.2 Å². The Morgan fingerprint density at radius 2 is 1.79 bits per heavy atom. The molecule has 0 radical (unpaired) electrons. The highest BCUT2D eigenvalue weighted by Crippen LogP contribution is 2.35. The van der Waals surface area contributed by atoms with E-state index in [0.29, 0.717) is 0 Å². The van der Waals surface area contributed by atoms with E-state index in [4.69, 9.17) is 10.5 Å². The summed E-state index contributed by atoms with van der Waals surface area (Å²) in [5.41, 5.74) is 5.21. The SMILES string of the molecule is Nc1ncnc(OC(c2ccccc2)C(F)(F)F)n1. The Balaban J connectivity index is 2.30. The fraction of sp³-hybridized carbons (Fsp3) is 0.182. The molecule has 2 rings (SSSR count). The Bertz CT molecular complexity index is 547. The highest BCUT2D eigenvalue weighted by atomic mass is 19.4. The number of benzene rings is 1. The van der Waals surface area contributed by atoms with Crippen LogP contribution in [0.2, 0.25) is 0 Å². The zero-order valence-electron chi connectivity index (χ0n) is 9.50. The number of ether oxygens (including phenoxy) is 1. The third-order valence-corrected chi connectivity index (χ3v) is 2.19. The summed E-state index contributed by atoms with van der Waals surface area (Å²) in [4.78, 5) is 10.5. The van der Waals surface area contributed by atoms with Crippen LogP contribution in [-0.2, 0) is 0 Å². The molecule has 0 aliphatic carbocycles. The Labute approximate surface area is 106 Å². The third kappa shape index (κ3) is 3.30. The van der Waals surface area contributed by atoms with E-state index in [1.54, 1.807) is 6.07 Å². The molecule has 0 spiro atoms. The highest BCUT2D eigenvalue weighted by Gasteiger charge is 2.43. The van der Waals surface area contributed by atoms with Crippen LogP contribution in [0.25, 0.3) is 0 Å². The Morgan fingerprint density at radius 1 is 1.11 bits per heavy atom. The monoisotopic (exact) mass is 270 g/mol. The largest absolute Gasteiger partial charge is 0.445 e. The summed E-state index contributed by atoms with van der Waals surface area (Å²) in [5.74, 6) is -0.209. The van der Waals surface area contributed by atoms with Gasteiger partial charge in [-0.3, -0.25) is 0 Å². The zero-order chi connectivity index (χ0) is 13.9. The van der Waals surface area contributed by atoms with Crippen LogP contribution in [-0.4, -0.2) is 21.1 Å². The summed E-state index contributed by atoms with van der Waals surface area (Å²) in [6.07, 6.45) is -5.77. The second-order valence-corrected chi connectivity index (χ2v) is 3.58. The van der Waals surface area contributed by atoms with Gasteiger partial charge in [0.2, 0.25) is 12.1 Å². The molecule has 1 aromatic carbocycles. The molecule has 0 bridgehead atoms. The number of nitrogens with zero attached hydrogens (tertiary/aromatic N) is 3. The summed E-state index contributed by atoms with van der Waals surface area (Å²) >= 11 is 0. The highest BCUT2D eigenvalue weighted by molar-refractivity contribution is 5.21. The maximum Gasteiger partial charge on any atom is 0.429 e. The first-order valence-corrected chi connectivity index (χ1v) is 5.19. The number of hydrogen-bond donors (Lipinski definition) is 1. The maximum atomic E-state index is 13.0. The topological polar surface area (TPSA) is 73.9 Å². The van der Waals surface area contributed by atoms with Gasteiger partial charge in [-0.15, -0.1) is 0 Å². The van der Waals surface area contributed by atoms with E-state index in [9.17, 15) is 13.2 Å². The van der Waals surface area contributed by atoms with Crippen molar-refractivity contribution in [3.8, 4) is 6.01 Å². The molecule has 1 aromatic heterocycles. The molecule has 8 heteroatoms. The van der Waals surface area contributed by atoms with Crippen LogP contribution in [0.15, 0.2) is 36.7 Å². The molecule has 2 aromatic rings.